The molecule has 0 radical (unpaired) electrons. The number of carbonyl (C=O) groups is 1. The number of fused-ring (bicyclic) bond motifs is 1. The first-order valence-electron chi connectivity index (χ1n) is 8.04. The minimum absolute atomic E-state index is 0.171. The number of sulfone groups is 1. The number of nitrogens with one attached hydrogen (secondary N) is 1. The first-order valence-corrected chi connectivity index (χ1v) is 9.52. The maximum absolute atomic E-state index is 12.9. The van der Waals surface area contributed by atoms with Crippen LogP contribution in [0.25, 0.3) is 0 Å². The highest BCUT2D eigenvalue weighted by atomic mass is 32.2. The molecule has 0 spiro atoms. The molecule has 7 heteroatoms. The van der Waals surface area contributed by atoms with E-state index in [0.29, 0.717) is 43.2 Å². The Morgan fingerprint density at radius 2 is 1.64 bits per heavy atom. The Kier molecular flexibility index (Phi) is 3.68. The molecule has 1 saturated carbocycles. The Labute approximate surface area is 145 Å². The Morgan fingerprint density at radius 3 is 2.32 bits per heavy atom. The molecular weight excluding hydrogens is 342 g/mol. The van der Waals surface area contributed by atoms with Gasteiger partial charge >= 0.3 is 0 Å². The van der Waals surface area contributed by atoms with Crippen LogP contribution in [-0.4, -0.2) is 32.3 Å². The fourth-order valence-corrected chi connectivity index (χ4v) is 4.82. The van der Waals surface area contributed by atoms with Gasteiger partial charge in [0.2, 0.25) is 5.91 Å². The summed E-state index contributed by atoms with van der Waals surface area (Å²) in [6.07, 6.45) is 0.640. The van der Waals surface area contributed by atoms with Crippen molar-refractivity contribution in [2.45, 2.75) is 22.5 Å². The van der Waals surface area contributed by atoms with Crippen molar-refractivity contribution in [2.24, 2.45) is 0 Å². The summed E-state index contributed by atoms with van der Waals surface area (Å²) in [6.45, 7) is 0.924. The van der Waals surface area contributed by atoms with Crippen molar-refractivity contribution < 1.29 is 22.7 Å². The van der Waals surface area contributed by atoms with E-state index < -0.39 is 20.5 Å². The number of benzene rings is 2. The first kappa shape index (κ1) is 16.0. The zero-order chi connectivity index (χ0) is 17.5. The Bertz CT molecular complexity index is 920. The van der Waals surface area contributed by atoms with Crippen molar-refractivity contribution in [1.82, 2.24) is 0 Å². The largest absolute Gasteiger partial charge is 0.486 e. The third kappa shape index (κ3) is 2.64. The van der Waals surface area contributed by atoms with Crippen molar-refractivity contribution in [3.05, 3.63) is 48.5 Å². The predicted molar refractivity (Wildman–Crippen MR) is 91.7 cm³/mol. The normalized spacial score (nSPS) is 17.6. The lowest BCUT2D eigenvalue weighted by Crippen LogP contribution is -2.37. The number of hydrogen-bond acceptors (Lipinski definition) is 5. The fraction of sp³-hybridized carbons (Fsp3) is 0.278. The van der Waals surface area contributed by atoms with E-state index in [1.807, 2.05) is 0 Å². The SMILES string of the molecule is O=C(Nc1ccc2c(c1)OCCO2)C1(S(=O)(=O)c2ccccc2)CC1. The highest BCUT2D eigenvalue weighted by molar-refractivity contribution is 7.94. The summed E-state index contributed by atoms with van der Waals surface area (Å²) in [5, 5.41) is 2.72. The monoisotopic (exact) mass is 359 g/mol. The lowest BCUT2D eigenvalue weighted by atomic mass is 10.2. The summed E-state index contributed by atoms with van der Waals surface area (Å²) in [5.74, 6) is 0.648. The molecule has 25 heavy (non-hydrogen) atoms. The quantitative estimate of drug-likeness (QED) is 0.906. The molecule has 1 aliphatic heterocycles. The molecule has 2 aromatic carbocycles. The highest BCUT2D eigenvalue weighted by Gasteiger charge is 2.61. The van der Waals surface area contributed by atoms with Crippen LogP contribution in [0.5, 0.6) is 11.5 Å². The van der Waals surface area contributed by atoms with Gasteiger partial charge in [-0.05, 0) is 37.1 Å². The third-order valence-corrected chi connectivity index (χ3v) is 7.00. The van der Waals surface area contributed by atoms with Gasteiger partial charge in [-0.1, -0.05) is 18.2 Å². The summed E-state index contributed by atoms with van der Waals surface area (Å²) in [7, 11) is -3.73. The molecular formula is C18H17NO5S. The molecule has 0 saturated heterocycles. The topological polar surface area (TPSA) is 81.7 Å². The van der Waals surface area contributed by atoms with Gasteiger partial charge in [0.25, 0.3) is 0 Å². The Morgan fingerprint density at radius 1 is 0.960 bits per heavy atom. The van der Waals surface area contributed by atoms with Gasteiger partial charge in [0.15, 0.2) is 26.1 Å². The van der Waals surface area contributed by atoms with Crippen LogP contribution in [0.1, 0.15) is 12.8 Å². The van der Waals surface area contributed by atoms with E-state index >= 15 is 0 Å². The lowest BCUT2D eigenvalue weighted by Gasteiger charge is -2.20. The molecule has 2 aliphatic rings. The van der Waals surface area contributed by atoms with Crippen molar-refractivity contribution >= 4 is 21.4 Å². The molecule has 0 atom stereocenters. The maximum Gasteiger partial charge on any atom is 0.246 e. The van der Waals surface area contributed by atoms with E-state index in [9.17, 15) is 13.2 Å². The van der Waals surface area contributed by atoms with E-state index in [1.54, 1.807) is 36.4 Å². The second kappa shape index (κ2) is 5.77. The van der Waals surface area contributed by atoms with E-state index in [2.05, 4.69) is 5.32 Å². The average Bonchev–Trinajstić information content (AvgIpc) is 3.45. The molecule has 1 heterocycles. The molecule has 130 valence electrons. The number of ether oxygens (including phenoxy) is 2. The van der Waals surface area contributed by atoms with Gasteiger partial charge < -0.3 is 14.8 Å². The molecule has 1 aliphatic carbocycles. The summed E-state index contributed by atoms with van der Waals surface area (Å²) in [5.41, 5.74) is 0.490. The molecule has 2 aromatic rings. The lowest BCUT2D eigenvalue weighted by molar-refractivity contribution is -0.116. The van der Waals surface area contributed by atoms with Gasteiger partial charge in [0, 0.05) is 11.8 Å². The van der Waals surface area contributed by atoms with E-state index in [1.165, 1.54) is 12.1 Å². The minimum Gasteiger partial charge on any atom is -0.486 e. The van der Waals surface area contributed by atoms with Gasteiger partial charge in [0.1, 0.15) is 13.2 Å². The molecule has 1 fully saturated rings. The summed E-state index contributed by atoms with van der Waals surface area (Å²) < 4.78 is 35.3. The molecule has 4 rings (SSSR count). The van der Waals surface area contributed by atoms with Crippen LogP contribution < -0.4 is 14.8 Å². The average molecular weight is 359 g/mol. The van der Waals surface area contributed by atoms with E-state index in [4.69, 9.17) is 9.47 Å². The van der Waals surface area contributed by atoms with Gasteiger partial charge in [-0.3, -0.25) is 4.79 Å². The van der Waals surface area contributed by atoms with Gasteiger partial charge in [-0.15, -0.1) is 0 Å². The standard InChI is InChI=1S/C18H17NO5S/c20-17(19-13-6-7-15-16(12-13)24-11-10-23-15)18(8-9-18)25(21,22)14-4-2-1-3-5-14/h1-7,12H,8-11H2,(H,19,20). The van der Waals surface area contributed by atoms with Crippen LogP contribution in [0.3, 0.4) is 0 Å². The van der Waals surface area contributed by atoms with Crippen molar-refractivity contribution in [3.63, 3.8) is 0 Å². The van der Waals surface area contributed by atoms with Crippen LogP contribution in [-0.2, 0) is 14.6 Å². The number of hydrogen-bond donors (Lipinski definition) is 1. The maximum atomic E-state index is 12.9. The second-order valence-corrected chi connectivity index (χ2v) is 8.38. The van der Waals surface area contributed by atoms with Gasteiger partial charge in [-0.25, -0.2) is 8.42 Å². The van der Waals surface area contributed by atoms with E-state index in [-0.39, 0.29) is 4.90 Å². The third-order valence-electron chi connectivity index (χ3n) is 4.49. The Balaban J connectivity index is 1.59. The van der Waals surface area contributed by atoms with Crippen molar-refractivity contribution in [1.29, 1.82) is 0 Å². The highest BCUT2D eigenvalue weighted by Crippen LogP contribution is 2.47. The van der Waals surface area contributed by atoms with Crippen molar-refractivity contribution in [3.8, 4) is 11.5 Å². The van der Waals surface area contributed by atoms with Crippen LogP contribution in [0.15, 0.2) is 53.4 Å². The molecule has 1 amide bonds. The van der Waals surface area contributed by atoms with Gasteiger partial charge in [-0.2, -0.15) is 0 Å². The minimum atomic E-state index is -3.73. The van der Waals surface area contributed by atoms with Crippen LogP contribution in [0.2, 0.25) is 0 Å². The smallest absolute Gasteiger partial charge is 0.246 e. The molecule has 0 unspecified atom stereocenters. The number of carbonyl (C=O) groups excluding carboxylic acids is 1. The fourth-order valence-electron chi connectivity index (χ4n) is 2.92. The van der Waals surface area contributed by atoms with Crippen LogP contribution in [0, 0.1) is 0 Å². The van der Waals surface area contributed by atoms with Crippen LogP contribution in [0.4, 0.5) is 5.69 Å². The molecule has 1 N–H and O–H groups in total. The van der Waals surface area contributed by atoms with Crippen molar-refractivity contribution in [2.75, 3.05) is 18.5 Å². The molecule has 6 nitrogen and oxygen atoms in total. The molecule has 0 bridgehead atoms. The summed E-state index contributed by atoms with van der Waals surface area (Å²) in [6, 6.07) is 13.1. The zero-order valence-corrected chi connectivity index (χ0v) is 14.2. The zero-order valence-electron chi connectivity index (χ0n) is 13.4. The number of anilines is 1. The number of rotatable bonds is 4. The molecule has 0 aromatic heterocycles. The summed E-state index contributed by atoms with van der Waals surface area (Å²) in [4.78, 5) is 12.9. The summed E-state index contributed by atoms with van der Waals surface area (Å²) >= 11 is 0. The predicted octanol–water partition coefficient (Wildman–Crippen LogP) is 2.40. The number of amides is 1. The Hall–Kier alpha value is -2.54. The van der Waals surface area contributed by atoms with E-state index in [0.717, 1.165) is 0 Å². The van der Waals surface area contributed by atoms with Crippen LogP contribution >= 0.6 is 0 Å². The van der Waals surface area contributed by atoms with Gasteiger partial charge in [0.05, 0.1) is 4.90 Å². The first-order chi connectivity index (χ1) is 12.0. The second-order valence-electron chi connectivity index (χ2n) is 6.12.